The van der Waals surface area contributed by atoms with E-state index < -0.39 is 0 Å². The molecule has 158 valence electrons. The summed E-state index contributed by atoms with van der Waals surface area (Å²) in [6.45, 7) is 5.10. The van der Waals surface area contributed by atoms with Crippen molar-refractivity contribution in [2.24, 2.45) is 0 Å². The first kappa shape index (κ1) is 20.0. The van der Waals surface area contributed by atoms with Gasteiger partial charge >= 0.3 is 0 Å². The van der Waals surface area contributed by atoms with E-state index in [0.717, 1.165) is 58.7 Å². The van der Waals surface area contributed by atoms with E-state index in [9.17, 15) is 0 Å². The van der Waals surface area contributed by atoms with Gasteiger partial charge in [0, 0.05) is 35.1 Å². The van der Waals surface area contributed by atoms with E-state index in [1.54, 1.807) is 11.3 Å². The first-order chi connectivity index (χ1) is 15.2. The molecule has 2 aromatic carbocycles. The van der Waals surface area contributed by atoms with E-state index in [1.165, 1.54) is 24.6 Å². The van der Waals surface area contributed by atoms with Gasteiger partial charge < -0.3 is 10.1 Å². The number of piperidine rings is 1. The Bertz CT molecular complexity index is 1180. The van der Waals surface area contributed by atoms with Crippen molar-refractivity contribution in [3.05, 3.63) is 71.4 Å². The van der Waals surface area contributed by atoms with Crippen LogP contribution in [0.5, 0.6) is 11.5 Å². The molecule has 0 spiro atoms. The molecule has 1 saturated heterocycles. The van der Waals surface area contributed by atoms with Gasteiger partial charge in [0.1, 0.15) is 17.3 Å². The lowest BCUT2D eigenvalue weighted by Gasteiger charge is -2.27. The second-order valence-electron chi connectivity index (χ2n) is 8.01. The summed E-state index contributed by atoms with van der Waals surface area (Å²) in [6, 6.07) is 16.5. The smallest absolute Gasteiger partial charge is 0.188 e. The SMILES string of the molecule is Cc1csc(Nc2cc(Oc3cccc4ccccc34)c(CN3CCCCC3)cn2)n1. The van der Waals surface area contributed by atoms with Gasteiger partial charge in [-0.15, -0.1) is 11.3 Å². The molecule has 4 aromatic rings. The van der Waals surface area contributed by atoms with Gasteiger partial charge in [-0.2, -0.15) is 0 Å². The van der Waals surface area contributed by atoms with E-state index >= 15 is 0 Å². The van der Waals surface area contributed by atoms with Crippen molar-refractivity contribution >= 4 is 33.1 Å². The van der Waals surface area contributed by atoms with Crippen molar-refractivity contribution in [2.45, 2.75) is 32.7 Å². The Hall–Kier alpha value is -2.96. The van der Waals surface area contributed by atoms with Crippen LogP contribution in [-0.4, -0.2) is 28.0 Å². The number of nitrogens with one attached hydrogen (secondary N) is 1. The molecular formula is C25H26N4OS. The summed E-state index contributed by atoms with van der Waals surface area (Å²) in [5, 5.41) is 8.46. The third-order valence-corrected chi connectivity index (χ3v) is 6.49. The number of benzene rings is 2. The van der Waals surface area contributed by atoms with E-state index in [1.807, 2.05) is 42.8 Å². The van der Waals surface area contributed by atoms with E-state index in [2.05, 4.69) is 44.5 Å². The lowest BCUT2D eigenvalue weighted by molar-refractivity contribution is 0.218. The third-order valence-electron chi connectivity index (χ3n) is 5.61. The molecule has 1 aliphatic rings. The van der Waals surface area contributed by atoms with Crippen molar-refractivity contribution in [3.8, 4) is 11.5 Å². The van der Waals surface area contributed by atoms with Crippen molar-refractivity contribution < 1.29 is 4.74 Å². The van der Waals surface area contributed by atoms with E-state index in [-0.39, 0.29) is 0 Å². The standard InChI is InChI=1S/C25H26N4OS/c1-18-17-31-25(27-18)28-24-14-23(20(15-26-24)16-29-12-5-2-6-13-29)30-22-11-7-9-19-8-3-4-10-21(19)22/h3-4,7-11,14-15,17H,2,5-6,12-13,16H2,1H3,(H,26,27,28). The van der Waals surface area contributed by atoms with Crippen molar-refractivity contribution in [2.75, 3.05) is 18.4 Å². The number of hydrogen-bond donors (Lipinski definition) is 1. The van der Waals surface area contributed by atoms with Crippen LogP contribution in [0.25, 0.3) is 10.8 Å². The zero-order chi connectivity index (χ0) is 21.0. The van der Waals surface area contributed by atoms with Gasteiger partial charge in [0.05, 0.1) is 5.69 Å². The van der Waals surface area contributed by atoms with Gasteiger partial charge in [0.25, 0.3) is 0 Å². The van der Waals surface area contributed by atoms with E-state index in [0.29, 0.717) is 0 Å². The predicted molar refractivity (Wildman–Crippen MR) is 128 cm³/mol. The molecule has 31 heavy (non-hydrogen) atoms. The van der Waals surface area contributed by atoms with Crippen LogP contribution in [0.3, 0.4) is 0 Å². The van der Waals surface area contributed by atoms with Crippen LogP contribution in [-0.2, 0) is 6.54 Å². The van der Waals surface area contributed by atoms with Crippen LogP contribution >= 0.6 is 11.3 Å². The van der Waals surface area contributed by atoms with Gasteiger partial charge in [-0.1, -0.05) is 42.8 Å². The number of nitrogens with zero attached hydrogens (tertiary/aromatic N) is 3. The summed E-state index contributed by atoms with van der Waals surface area (Å²) < 4.78 is 6.52. The Morgan fingerprint density at radius 2 is 1.87 bits per heavy atom. The Morgan fingerprint density at radius 3 is 2.71 bits per heavy atom. The molecule has 1 fully saturated rings. The zero-order valence-corrected chi connectivity index (χ0v) is 18.5. The van der Waals surface area contributed by atoms with Crippen LogP contribution in [0.4, 0.5) is 10.9 Å². The topological polar surface area (TPSA) is 50.3 Å². The molecule has 0 amide bonds. The highest BCUT2D eigenvalue weighted by Crippen LogP contribution is 2.34. The number of fused-ring (bicyclic) bond motifs is 1. The monoisotopic (exact) mass is 430 g/mol. The molecule has 0 atom stereocenters. The Kier molecular flexibility index (Phi) is 5.82. The number of hydrogen-bond acceptors (Lipinski definition) is 6. The summed E-state index contributed by atoms with van der Waals surface area (Å²) in [5.74, 6) is 2.44. The Balaban J connectivity index is 1.48. The minimum Gasteiger partial charge on any atom is -0.456 e. The minimum atomic E-state index is 0.743. The van der Waals surface area contributed by atoms with Crippen LogP contribution in [0.15, 0.2) is 60.1 Å². The minimum absolute atomic E-state index is 0.743. The largest absolute Gasteiger partial charge is 0.456 e. The molecule has 2 aromatic heterocycles. The molecule has 1 aliphatic heterocycles. The third kappa shape index (κ3) is 4.70. The number of rotatable bonds is 6. The van der Waals surface area contributed by atoms with Gasteiger partial charge in [-0.05, 0) is 44.3 Å². The van der Waals surface area contributed by atoms with Crippen molar-refractivity contribution in [3.63, 3.8) is 0 Å². The molecule has 5 nitrogen and oxygen atoms in total. The zero-order valence-electron chi connectivity index (χ0n) is 17.7. The van der Waals surface area contributed by atoms with Crippen LogP contribution in [0, 0.1) is 6.92 Å². The maximum absolute atomic E-state index is 6.52. The highest BCUT2D eigenvalue weighted by molar-refractivity contribution is 7.13. The van der Waals surface area contributed by atoms with Gasteiger partial charge in [-0.3, -0.25) is 4.90 Å². The first-order valence-electron chi connectivity index (χ1n) is 10.8. The molecule has 0 saturated carbocycles. The Labute approximate surface area is 186 Å². The van der Waals surface area contributed by atoms with Crippen LogP contribution in [0.1, 0.15) is 30.5 Å². The average Bonchev–Trinajstić information content (AvgIpc) is 3.21. The molecule has 0 aliphatic carbocycles. The number of likely N-dealkylation sites (tertiary alicyclic amines) is 1. The molecule has 6 heteroatoms. The Morgan fingerprint density at radius 1 is 1.03 bits per heavy atom. The highest BCUT2D eigenvalue weighted by Gasteiger charge is 2.16. The lowest BCUT2D eigenvalue weighted by atomic mass is 10.1. The lowest BCUT2D eigenvalue weighted by Crippen LogP contribution is -2.29. The van der Waals surface area contributed by atoms with Crippen molar-refractivity contribution in [1.29, 1.82) is 0 Å². The highest BCUT2D eigenvalue weighted by atomic mass is 32.1. The number of aryl methyl sites for hydroxylation is 1. The fraction of sp³-hybridized carbons (Fsp3) is 0.280. The maximum atomic E-state index is 6.52. The van der Waals surface area contributed by atoms with Gasteiger partial charge in [0.15, 0.2) is 5.13 Å². The molecule has 0 radical (unpaired) electrons. The summed E-state index contributed by atoms with van der Waals surface area (Å²) in [6.07, 6.45) is 5.79. The number of pyridine rings is 1. The second kappa shape index (κ2) is 9.04. The molecule has 5 rings (SSSR count). The summed E-state index contributed by atoms with van der Waals surface area (Å²) >= 11 is 1.58. The van der Waals surface area contributed by atoms with E-state index in [4.69, 9.17) is 4.74 Å². The predicted octanol–water partition coefficient (Wildman–Crippen LogP) is 6.52. The number of thiazole rings is 1. The summed E-state index contributed by atoms with van der Waals surface area (Å²) in [7, 11) is 0. The summed E-state index contributed by atoms with van der Waals surface area (Å²) in [5.41, 5.74) is 2.11. The number of aromatic nitrogens is 2. The number of anilines is 2. The van der Waals surface area contributed by atoms with Crippen molar-refractivity contribution in [1.82, 2.24) is 14.9 Å². The quantitative estimate of drug-likeness (QED) is 0.377. The molecule has 0 bridgehead atoms. The summed E-state index contributed by atoms with van der Waals surface area (Å²) in [4.78, 5) is 11.7. The normalized spacial score (nSPS) is 14.6. The van der Waals surface area contributed by atoms with Gasteiger partial charge in [-0.25, -0.2) is 9.97 Å². The van der Waals surface area contributed by atoms with Crippen LogP contribution in [0.2, 0.25) is 0 Å². The second-order valence-corrected chi connectivity index (χ2v) is 8.87. The molecule has 1 N–H and O–H groups in total. The molecule has 3 heterocycles. The number of ether oxygens (including phenoxy) is 1. The van der Waals surface area contributed by atoms with Crippen LogP contribution < -0.4 is 10.1 Å². The maximum Gasteiger partial charge on any atom is 0.188 e. The first-order valence-corrected chi connectivity index (χ1v) is 11.7. The fourth-order valence-corrected chi connectivity index (χ4v) is 4.72. The van der Waals surface area contributed by atoms with Gasteiger partial charge in [0.2, 0.25) is 0 Å². The molecule has 0 unspecified atom stereocenters. The molecular weight excluding hydrogens is 404 g/mol. The fourth-order valence-electron chi connectivity index (χ4n) is 4.03. The average molecular weight is 431 g/mol.